The summed E-state index contributed by atoms with van der Waals surface area (Å²) in [5.74, 6) is 2.21. The smallest absolute Gasteiger partial charge is 0.225 e. The lowest BCUT2D eigenvalue weighted by Crippen LogP contribution is -2.37. The molecule has 1 aromatic rings. The van der Waals surface area contributed by atoms with Crippen LogP contribution in [-0.2, 0) is 23.2 Å². The van der Waals surface area contributed by atoms with E-state index in [9.17, 15) is 9.59 Å². The fourth-order valence-corrected chi connectivity index (χ4v) is 4.01. The van der Waals surface area contributed by atoms with Crippen molar-refractivity contribution in [3.8, 4) is 0 Å². The minimum atomic E-state index is 0.0840. The van der Waals surface area contributed by atoms with Crippen LogP contribution in [0, 0.1) is 17.8 Å². The molecule has 2 amide bonds. The molecule has 2 N–H and O–H groups in total. The van der Waals surface area contributed by atoms with Crippen molar-refractivity contribution in [3.63, 3.8) is 0 Å². The van der Waals surface area contributed by atoms with Crippen LogP contribution in [0.1, 0.15) is 57.9 Å². The van der Waals surface area contributed by atoms with E-state index >= 15 is 0 Å². The van der Waals surface area contributed by atoms with Gasteiger partial charge in [0, 0.05) is 43.7 Å². The van der Waals surface area contributed by atoms with Crippen molar-refractivity contribution >= 4 is 17.6 Å². The van der Waals surface area contributed by atoms with Crippen molar-refractivity contribution in [2.45, 2.75) is 58.9 Å². The molecule has 0 saturated heterocycles. The summed E-state index contributed by atoms with van der Waals surface area (Å²) >= 11 is 0. The van der Waals surface area contributed by atoms with E-state index in [1.165, 1.54) is 0 Å². The first kappa shape index (κ1) is 21.4. The van der Waals surface area contributed by atoms with Crippen LogP contribution in [-0.4, -0.2) is 40.1 Å². The lowest BCUT2D eigenvalue weighted by Gasteiger charge is -2.30. The number of carbonyl (C=O) groups excluding carboxylic acids is 2. The van der Waals surface area contributed by atoms with Gasteiger partial charge in [-0.2, -0.15) is 5.10 Å². The third-order valence-electron chi connectivity index (χ3n) is 6.26. The molecule has 0 radical (unpaired) electrons. The number of nitrogens with one attached hydrogen (secondary N) is 2. The highest BCUT2D eigenvalue weighted by molar-refractivity contribution is 5.81. The lowest BCUT2D eigenvalue weighted by molar-refractivity contribution is -0.136. The topological polar surface area (TPSA) is 79.3 Å². The van der Waals surface area contributed by atoms with Crippen LogP contribution in [0.15, 0.2) is 18.0 Å². The van der Waals surface area contributed by atoms with E-state index in [2.05, 4.69) is 15.7 Å². The van der Waals surface area contributed by atoms with Gasteiger partial charge in [0.05, 0.1) is 12.7 Å². The summed E-state index contributed by atoms with van der Waals surface area (Å²) in [6.07, 6.45) is 9.76. The predicted octanol–water partition coefficient (Wildman–Crippen LogP) is 3.05. The Kier molecular flexibility index (Phi) is 6.98. The summed E-state index contributed by atoms with van der Waals surface area (Å²) in [5, 5.41) is 10.8. The number of aromatic nitrogens is 2. The number of amides is 2. The Morgan fingerprint density at radius 1 is 1.21 bits per heavy atom. The van der Waals surface area contributed by atoms with Gasteiger partial charge >= 0.3 is 0 Å². The standard InChI is InChI=1S/C22H35N5O2/c1-5-15(2)25-20-19(13-24-27(20)4)14-26(3)22(29)18-8-6-16(7-9-18)12-23-21(28)17-10-11-17/h5,13,16-18,25H,6-12,14H2,1-4H3,(H,23,28)/b15-5+. The van der Waals surface area contributed by atoms with Gasteiger partial charge in [0.1, 0.15) is 5.82 Å². The number of hydrogen-bond acceptors (Lipinski definition) is 4. The molecule has 0 spiro atoms. The Morgan fingerprint density at radius 3 is 2.48 bits per heavy atom. The first-order valence-corrected chi connectivity index (χ1v) is 10.8. The minimum absolute atomic E-state index is 0.0840. The number of rotatable bonds is 8. The normalized spacial score (nSPS) is 22.3. The molecule has 0 atom stereocenters. The Balaban J connectivity index is 1.48. The first-order valence-electron chi connectivity index (χ1n) is 10.8. The average Bonchev–Trinajstić information content (AvgIpc) is 3.53. The van der Waals surface area contributed by atoms with Crippen molar-refractivity contribution in [2.24, 2.45) is 24.8 Å². The minimum Gasteiger partial charge on any atom is -0.356 e. The summed E-state index contributed by atoms with van der Waals surface area (Å²) in [4.78, 5) is 26.6. The Hall–Kier alpha value is -2.31. The number of anilines is 1. The zero-order valence-electron chi connectivity index (χ0n) is 18.2. The number of aryl methyl sites for hydroxylation is 1. The zero-order chi connectivity index (χ0) is 21.0. The van der Waals surface area contributed by atoms with Gasteiger partial charge < -0.3 is 15.5 Å². The lowest BCUT2D eigenvalue weighted by atomic mass is 9.81. The molecule has 29 heavy (non-hydrogen) atoms. The van der Waals surface area contributed by atoms with Crippen molar-refractivity contribution in [1.82, 2.24) is 20.0 Å². The van der Waals surface area contributed by atoms with E-state index in [4.69, 9.17) is 0 Å². The molecule has 0 unspecified atom stereocenters. The predicted molar refractivity (Wildman–Crippen MR) is 114 cm³/mol. The second kappa shape index (κ2) is 9.46. The van der Waals surface area contributed by atoms with E-state index in [1.54, 1.807) is 0 Å². The third-order valence-corrected chi connectivity index (χ3v) is 6.26. The monoisotopic (exact) mass is 401 g/mol. The highest BCUT2D eigenvalue weighted by Crippen LogP contribution is 2.32. The Labute approximate surface area is 173 Å². The molecule has 2 aliphatic rings. The van der Waals surface area contributed by atoms with Crippen LogP contribution in [0.4, 0.5) is 5.82 Å². The van der Waals surface area contributed by atoms with E-state index in [0.29, 0.717) is 12.5 Å². The van der Waals surface area contributed by atoms with Gasteiger partial charge in [-0.15, -0.1) is 0 Å². The summed E-state index contributed by atoms with van der Waals surface area (Å²) in [6.45, 7) is 5.31. The molecule has 0 bridgehead atoms. The average molecular weight is 402 g/mol. The zero-order valence-corrected chi connectivity index (χ0v) is 18.2. The van der Waals surface area contributed by atoms with E-state index in [-0.39, 0.29) is 23.7 Å². The maximum absolute atomic E-state index is 13.0. The van der Waals surface area contributed by atoms with Gasteiger partial charge in [0.25, 0.3) is 0 Å². The summed E-state index contributed by atoms with van der Waals surface area (Å²) in [6, 6.07) is 0. The number of hydrogen-bond donors (Lipinski definition) is 2. The molecule has 0 aromatic carbocycles. The largest absolute Gasteiger partial charge is 0.356 e. The fraction of sp³-hybridized carbons (Fsp3) is 0.682. The Morgan fingerprint density at radius 2 is 1.86 bits per heavy atom. The van der Waals surface area contributed by atoms with E-state index in [1.807, 2.05) is 49.8 Å². The number of allylic oxidation sites excluding steroid dienone is 2. The Bertz CT molecular complexity index is 757. The second-order valence-corrected chi connectivity index (χ2v) is 8.67. The highest BCUT2D eigenvalue weighted by Gasteiger charge is 2.32. The van der Waals surface area contributed by atoms with Crippen LogP contribution in [0.2, 0.25) is 0 Å². The van der Waals surface area contributed by atoms with Gasteiger partial charge in [-0.05, 0) is 58.3 Å². The molecule has 7 nitrogen and oxygen atoms in total. The highest BCUT2D eigenvalue weighted by atomic mass is 16.2. The van der Waals surface area contributed by atoms with Gasteiger partial charge in [-0.3, -0.25) is 14.3 Å². The second-order valence-electron chi connectivity index (χ2n) is 8.67. The number of nitrogens with zero attached hydrogens (tertiary/aromatic N) is 3. The SMILES string of the molecule is C/C=C(\C)Nc1c(CN(C)C(=O)C2CCC(CNC(=O)C3CC3)CC2)cnn1C. The van der Waals surface area contributed by atoms with E-state index in [0.717, 1.165) is 62.1 Å². The summed E-state index contributed by atoms with van der Waals surface area (Å²) in [5.41, 5.74) is 2.07. The molecule has 2 aliphatic carbocycles. The third kappa shape index (κ3) is 5.61. The number of carbonyl (C=O) groups is 2. The molecule has 7 heteroatoms. The van der Waals surface area contributed by atoms with Crippen LogP contribution >= 0.6 is 0 Å². The van der Waals surface area contributed by atoms with Crippen molar-refractivity contribution < 1.29 is 9.59 Å². The summed E-state index contributed by atoms with van der Waals surface area (Å²) in [7, 11) is 3.78. The van der Waals surface area contributed by atoms with Crippen molar-refractivity contribution in [2.75, 3.05) is 18.9 Å². The first-order chi connectivity index (χ1) is 13.9. The van der Waals surface area contributed by atoms with Crippen molar-refractivity contribution in [3.05, 3.63) is 23.5 Å². The quantitative estimate of drug-likeness (QED) is 0.702. The molecule has 2 fully saturated rings. The van der Waals surface area contributed by atoms with Crippen LogP contribution < -0.4 is 10.6 Å². The molecule has 160 valence electrons. The van der Waals surface area contributed by atoms with Crippen LogP contribution in [0.25, 0.3) is 0 Å². The molecule has 3 rings (SSSR count). The van der Waals surface area contributed by atoms with Gasteiger partial charge in [0.15, 0.2) is 0 Å². The molecular weight excluding hydrogens is 366 g/mol. The maximum atomic E-state index is 13.0. The van der Waals surface area contributed by atoms with E-state index < -0.39 is 0 Å². The maximum Gasteiger partial charge on any atom is 0.225 e. The van der Waals surface area contributed by atoms with Crippen LogP contribution in [0.3, 0.4) is 0 Å². The molecule has 2 saturated carbocycles. The molecule has 0 aliphatic heterocycles. The van der Waals surface area contributed by atoms with Crippen LogP contribution in [0.5, 0.6) is 0 Å². The summed E-state index contributed by atoms with van der Waals surface area (Å²) < 4.78 is 1.81. The molecule has 1 heterocycles. The molecular formula is C22H35N5O2. The fourth-order valence-electron chi connectivity index (χ4n) is 4.01. The molecule has 1 aromatic heterocycles. The van der Waals surface area contributed by atoms with Gasteiger partial charge in [-0.1, -0.05) is 6.08 Å². The van der Waals surface area contributed by atoms with Gasteiger partial charge in [-0.25, -0.2) is 0 Å². The van der Waals surface area contributed by atoms with Crippen molar-refractivity contribution in [1.29, 1.82) is 0 Å². The van der Waals surface area contributed by atoms with Gasteiger partial charge in [0.2, 0.25) is 11.8 Å².